The van der Waals surface area contributed by atoms with Gasteiger partial charge in [0.2, 0.25) is 0 Å². The highest BCUT2D eigenvalue weighted by Gasteiger charge is 2.11. The minimum atomic E-state index is -0.382. The van der Waals surface area contributed by atoms with Gasteiger partial charge in [-0.2, -0.15) is 0 Å². The van der Waals surface area contributed by atoms with Gasteiger partial charge in [-0.25, -0.2) is 0 Å². The molecule has 0 heterocycles. The van der Waals surface area contributed by atoms with E-state index in [2.05, 4.69) is 0 Å². The van der Waals surface area contributed by atoms with Crippen LogP contribution in [-0.4, -0.2) is 11.8 Å². The van der Waals surface area contributed by atoms with E-state index in [1.165, 1.54) is 0 Å². The van der Waals surface area contributed by atoms with Crippen molar-refractivity contribution in [1.82, 2.24) is 0 Å². The molecular formula is C16H18ClN3O2. The number of halogens is 1. The zero-order valence-electron chi connectivity index (χ0n) is 11.9. The predicted octanol–water partition coefficient (Wildman–Crippen LogP) is 2.51. The normalized spacial score (nSPS) is 9.64. The minimum absolute atomic E-state index is 0. The first-order valence-electron chi connectivity index (χ1n) is 6.55. The summed E-state index contributed by atoms with van der Waals surface area (Å²) >= 11 is 0. The Morgan fingerprint density at radius 3 is 2.41 bits per heavy atom. The molecule has 0 aliphatic carbocycles. The molecule has 22 heavy (non-hydrogen) atoms. The molecule has 0 spiro atoms. The Balaban J connectivity index is 0.00000242. The molecule has 2 aromatic carbocycles. The van der Waals surface area contributed by atoms with Crippen molar-refractivity contribution in [3.8, 4) is 5.75 Å². The maximum absolute atomic E-state index is 11.9. The molecule has 0 bridgehead atoms. The number of anilines is 1. The molecule has 0 aliphatic heterocycles. The topological polar surface area (TPSA) is 102 Å². The summed E-state index contributed by atoms with van der Waals surface area (Å²) in [6.07, 6.45) is 0.716. The smallest absolute Gasteiger partial charge is 0.311 e. The summed E-state index contributed by atoms with van der Waals surface area (Å²) in [7, 11) is 0. The van der Waals surface area contributed by atoms with E-state index in [-0.39, 0.29) is 30.6 Å². The van der Waals surface area contributed by atoms with Gasteiger partial charge in [0.05, 0.1) is 12.0 Å². The number of nitrogens with two attached hydrogens (primary N) is 2. The Morgan fingerprint density at radius 2 is 1.73 bits per heavy atom. The summed E-state index contributed by atoms with van der Waals surface area (Å²) in [4.78, 5) is 11.9. The Morgan fingerprint density at radius 1 is 1.09 bits per heavy atom. The first-order chi connectivity index (χ1) is 10.1. The third kappa shape index (κ3) is 4.49. The van der Waals surface area contributed by atoms with Gasteiger partial charge in [-0.3, -0.25) is 10.2 Å². The number of benzene rings is 2. The molecule has 0 radical (unpaired) electrons. The summed E-state index contributed by atoms with van der Waals surface area (Å²) in [6.45, 7) is 0. The molecular weight excluding hydrogens is 302 g/mol. The minimum Gasteiger partial charge on any atom is -0.426 e. The van der Waals surface area contributed by atoms with E-state index in [1.54, 1.807) is 30.3 Å². The van der Waals surface area contributed by atoms with Gasteiger partial charge in [0.1, 0.15) is 11.6 Å². The predicted molar refractivity (Wildman–Crippen MR) is 89.5 cm³/mol. The van der Waals surface area contributed by atoms with E-state index < -0.39 is 0 Å². The molecule has 2 aromatic rings. The van der Waals surface area contributed by atoms with Crippen LogP contribution in [0.5, 0.6) is 5.75 Å². The van der Waals surface area contributed by atoms with Crippen LogP contribution >= 0.6 is 12.4 Å². The quantitative estimate of drug-likeness (QED) is 0.259. The van der Waals surface area contributed by atoms with Crippen molar-refractivity contribution in [3.05, 3.63) is 59.7 Å². The van der Waals surface area contributed by atoms with E-state index >= 15 is 0 Å². The van der Waals surface area contributed by atoms with Crippen molar-refractivity contribution >= 4 is 29.9 Å². The van der Waals surface area contributed by atoms with Crippen molar-refractivity contribution in [1.29, 1.82) is 5.41 Å². The second-order valence-electron chi connectivity index (χ2n) is 4.58. The fourth-order valence-electron chi connectivity index (χ4n) is 1.95. The highest BCUT2D eigenvalue weighted by molar-refractivity contribution is 5.98. The zero-order chi connectivity index (χ0) is 15.2. The van der Waals surface area contributed by atoms with Crippen LogP contribution in [-0.2, 0) is 11.2 Å². The average molecular weight is 320 g/mol. The van der Waals surface area contributed by atoms with Gasteiger partial charge in [0, 0.05) is 5.69 Å². The lowest BCUT2D eigenvalue weighted by Crippen LogP contribution is -2.16. The number of hydrogen-bond acceptors (Lipinski definition) is 4. The third-order valence-corrected chi connectivity index (χ3v) is 3.05. The molecule has 0 unspecified atom stereocenters. The fraction of sp³-hybridized carbons (Fsp3) is 0.125. The number of para-hydroxylation sites is 2. The first-order valence-corrected chi connectivity index (χ1v) is 6.55. The fourth-order valence-corrected chi connectivity index (χ4v) is 1.95. The number of rotatable bonds is 5. The van der Waals surface area contributed by atoms with Crippen molar-refractivity contribution in [2.75, 3.05) is 5.73 Å². The average Bonchev–Trinajstić information content (AvgIpc) is 2.47. The van der Waals surface area contributed by atoms with E-state index in [4.69, 9.17) is 21.6 Å². The number of carbonyl (C=O) groups excluding carboxylic acids is 1. The van der Waals surface area contributed by atoms with Crippen LogP contribution in [0.2, 0.25) is 0 Å². The lowest BCUT2D eigenvalue weighted by atomic mass is 10.1. The highest BCUT2D eigenvalue weighted by Crippen LogP contribution is 2.19. The standard InChI is InChI=1S/C16H17N3O2.ClH/c17-13-7-3-1-5-11(13)9-10-15(20)21-14-8-4-2-6-12(14)16(18)19;/h1-8H,9-10,17H2,(H3,18,19);1H. The summed E-state index contributed by atoms with van der Waals surface area (Å²) < 4.78 is 5.27. The maximum Gasteiger partial charge on any atom is 0.311 e. The number of nitrogens with one attached hydrogen (secondary N) is 1. The molecule has 116 valence electrons. The number of amidine groups is 1. The Hall–Kier alpha value is -2.53. The summed E-state index contributed by atoms with van der Waals surface area (Å²) in [5, 5.41) is 7.46. The first kappa shape index (κ1) is 17.5. The van der Waals surface area contributed by atoms with Crippen LogP contribution in [0.3, 0.4) is 0 Å². The highest BCUT2D eigenvalue weighted by atomic mass is 35.5. The second-order valence-corrected chi connectivity index (χ2v) is 4.58. The Labute approximate surface area is 135 Å². The molecule has 6 heteroatoms. The molecule has 0 saturated heterocycles. The summed E-state index contributed by atoms with van der Waals surface area (Å²) in [6, 6.07) is 14.1. The van der Waals surface area contributed by atoms with Crippen LogP contribution in [0.1, 0.15) is 17.5 Å². The Kier molecular flexibility index (Phi) is 6.41. The van der Waals surface area contributed by atoms with Gasteiger partial charge in [-0.05, 0) is 30.2 Å². The molecule has 0 aliphatic rings. The van der Waals surface area contributed by atoms with Crippen LogP contribution in [0.4, 0.5) is 5.69 Å². The monoisotopic (exact) mass is 319 g/mol. The van der Waals surface area contributed by atoms with Crippen molar-refractivity contribution in [2.45, 2.75) is 12.8 Å². The van der Waals surface area contributed by atoms with Crippen LogP contribution in [0, 0.1) is 5.41 Å². The van der Waals surface area contributed by atoms with Crippen molar-refractivity contribution < 1.29 is 9.53 Å². The van der Waals surface area contributed by atoms with E-state index in [9.17, 15) is 4.79 Å². The van der Waals surface area contributed by atoms with Crippen molar-refractivity contribution in [3.63, 3.8) is 0 Å². The number of aryl methyl sites for hydroxylation is 1. The van der Waals surface area contributed by atoms with Gasteiger partial charge < -0.3 is 16.2 Å². The van der Waals surface area contributed by atoms with Gasteiger partial charge in [-0.15, -0.1) is 12.4 Å². The molecule has 2 rings (SSSR count). The van der Waals surface area contributed by atoms with Gasteiger partial charge in [0.25, 0.3) is 0 Å². The molecule has 0 atom stereocenters. The molecule has 0 saturated carbocycles. The van der Waals surface area contributed by atoms with Gasteiger partial charge in [-0.1, -0.05) is 30.3 Å². The van der Waals surface area contributed by atoms with Gasteiger partial charge >= 0.3 is 5.97 Å². The summed E-state index contributed by atoms with van der Waals surface area (Å²) in [5.41, 5.74) is 13.3. The lowest BCUT2D eigenvalue weighted by molar-refractivity contribution is -0.134. The molecule has 0 fully saturated rings. The number of ether oxygens (including phenoxy) is 1. The van der Waals surface area contributed by atoms with Crippen molar-refractivity contribution in [2.24, 2.45) is 5.73 Å². The SMILES string of the molecule is Cl.N=C(N)c1ccccc1OC(=O)CCc1ccccc1N. The zero-order valence-corrected chi connectivity index (χ0v) is 12.7. The number of hydrogen-bond donors (Lipinski definition) is 3. The van der Waals surface area contributed by atoms with E-state index in [1.807, 2.05) is 18.2 Å². The number of carbonyl (C=O) groups is 1. The molecule has 5 N–H and O–H groups in total. The third-order valence-electron chi connectivity index (χ3n) is 3.05. The second kappa shape index (κ2) is 8.05. The Bertz CT molecular complexity index is 674. The maximum atomic E-state index is 11.9. The number of esters is 1. The summed E-state index contributed by atoms with van der Waals surface area (Å²) in [5.74, 6) is -0.214. The largest absolute Gasteiger partial charge is 0.426 e. The van der Waals surface area contributed by atoms with Crippen LogP contribution in [0.15, 0.2) is 48.5 Å². The van der Waals surface area contributed by atoms with Crippen LogP contribution < -0.4 is 16.2 Å². The van der Waals surface area contributed by atoms with E-state index in [0.717, 1.165) is 5.56 Å². The molecule has 0 aromatic heterocycles. The molecule has 0 amide bonds. The number of nitrogen functional groups attached to an aromatic ring is 2. The van der Waals surface area contributed by atoms with Crippen LogP contribution in [0.25, 0.3) is 0 Å². The van der Waals surface area contributed by atoms with E-state index in [0.29, 0.717) is 23.4 Å². The lowest BCUT2D eigenvalue weighted by Gasteiger charge is -2.09. The van der Waals surface area contributed by atoms with Gasteiger partial charge in [0.15, 0.2) is 0 Å². The molecule has 5 nitrogen and oxygen atoms in total.